The van der Waals surface area contributed by atoms with Gasteiger partial charge >= 0.3 is 0 Å². The molecule has 2 amide bonds. The van der Waals surface area contributed by atoms with Crippen LogP contribution in [0.3, 0.4) is 0 Å². The zero-order valence-electron chi connectivity index (χ0n) is 16.5. The van der Waals surface area contributed by atoms with Gasteiger partial charge in [0.25, 0.3) is 5.91 Å². The average Bonchev–Trinajstić information content (AvgIpc) is 2.71. The summed E-state index contributed by atoms with van der Waals surface area (Å²) in [7, 11) is 1.82. The van der Waals surface area contributed by atoms with Crippen LogP contribution in [0.2, 0.25) is 0 Å². The van der Waals surface area contributed by atoms with Gasteiger partial charge in [-0.05, 0) is 31.0 Å². The summed E-state index contributed by atoms with van der Waals surface area (Å²) >= 11 is 0. The molecule has 27 heavy (non-hydrogen) atoms. The highest BCUT2D eigenvalue weighted by molar-refractivity contribution is 5.99. The molecule has 6 heteroatoms. The summed E-state index contributed by atoms with van der Waals surface area (Å²) in [6.45, 7) is 7.14. The molecule has 148 valence electrons. The van der Waals surface area contributed by atoms with Gasteiger partial charge in [-0.3, -0.25) is 14.5 Å². The number of amides is 2. The molecule has 1 saturated heterocycles. The Morgan fingerprint density at radius 2 is 1.89 bits per heavy atom. The van der Waals surface area contributed by atoms with Crippen LogP contribution in [-0.4, -0.2) is 74.1 Å². The zero-order chi connectivity index (χ0) is 19.2. The number of benzene rings is 1. The monoisotopic (exact) mass is 373 g/mol. The van der Waals surface area contributed by atoms with Gasteiger partial charge in [-0.25, -0.2) is 0 Å². The molecule has 1 atom stereocenters. The van der Waals surface area contributed by atoms with Crippen molar-refractivity contribution in [3.05, 3.63) is 29.8 Å². The van der Waals surface area contributed by atoms with E-state index in [1.165, 1.54) is 5.56 Å². The molecule has 2 aliphatic heterocycles. The van der Waals surface area contributed by atoms with E-state index in [1.54, 1.807) is 4.90 Å². The minimum Gasteiger partial charge on any atom is -0.368 e. The number of hydrogen-bond donors (Lipinski definition) is 0. The third-order valence-corrected chi connectivity index (χ3v) is 5.58. The number of piperazine rings is 1. The fraction of sp³-hybridized carbons (Fsp3) is 0.619. The second-order valence-corrected chi connectivity index (χ2v) is 7.37. The van der Waals surface area contributed by atoms with E-state index in [4.69, 9.17) is 4.74 Å². The van der Waals surface area contributed by atoms with Gasteiger partial charge in [0.1, 0.15) is 6.10 Å². The van der Waals surface area contributed by atoms with Crippen molar-refractivity contribution in [2.45, 2.75) is 38.7 Å². The molecule has 2 aliphatic rings. The summed E-state index contributed by atoms with van der Waals surface area (Å²) in [5, 5.41) is 0. The molecule has 0 spiro atoms. The summed E-state index contributed by atoms with van der Waals surface area (Å²) < 4.78 is 5.91. The number of ether oxygens (including phenoxy) is 1. The number of rotatable bonds is 7. The predicted molar refractivity (Wildman–Crippen MR) is 106 cm³/mol. The largest absolute Gasteiger partial charge is 0.368 e. The number of anilines is 1. The lowest BCUT2D eigenvalue weighted by Gasteiger charge is -2.34. The van der Waals surface area contributed by atoms with E-state index < -0.39 is 0 Å². The first-order valence-electron chi connectivity index (χ1n) is 10.1. The van der Waals surface area contributed by atoms with E-state index in [0.29, 0.717) is 19.4 Å². The Labute approximate surface area is 162 Å². The molecule has 0 saturated carbocycles. The number of carbonyl (C=O) groups excluding carboxylic acids is 2. The molecule has 6 nitrogen and oxygen atoms in total. The second kappa shape index (κ2) is 9.33. The van der Waals surface area contributed by atoms with Crippen molar-refractivity contribution in [2.24, 2.45) is 0 Å². The number of para-hydroxylation sites is 1. The lowest BCUT2D eigenvalue weighted by molar-refractivity contribution is -0.132. The van der Waals surface area contributed by atoms with Crippen LogP contribution in [0.15, 0.2) is 24.3 Å². The Balaban J connectivity index is 1.34. The first-order valence-corrected chi connectivity index (χ1v) is 10.1. The van der Waals surface area contributed by atoms with Gasteiger partial charge in [-0.15, -0.1) is 0 Å². The highest BCUT2D eigenvalue weighted by atomic mass is 16.5. The van der Waals surface area contributed by atoms with Crippen LogP contribution in [0.5, 0.6) is 0 Å². The molecule has 0 radical (unpaired) electrons. The molecule has 1 fully saturated rings. The smallest absolute Gasteiger partial charge is 0.256 e. The van der Waals surface area contributed by atoms with E-state index in [1.807, 2.05) is 37.1 Å². The van der Waals surface area contributed by atoms with E-state index in [9.17, 15) is 9.59 Å². The van der Waals surface area contributed by atoms with Crippen molar-refractivity contribution in [2.75, 3.05) is 51.3 Å². The number of carbonyl (C=O) groups is 2. The van der Waals surface area contributed by atoms with Gasteiger partial charge in [-0.2, -0.15) is 0 Å². The topological polar surface area (TPSA) is 53.1 Å². The summed E-state index contributed by atoms with van der Waals surface area (Å²) in [6.07, 6.45) is 2.88. The molecule has 0 aromatic heterocycles. The van der Waals surface area contributed by atoms with Crippen LogP contribution in [0.1, 0.15) is 31.7 Å². The third-order valence-electron chi connectivity index (χ3n) is 5.58. The van der Waals surface area contributed by atoms with Crippen LogP contribution in [0, 0.1) is 0 Å². The fourth-order valence-electron chi connectivity index (χ4n) is 3.87. The number of fused-ring (bicyclic) bond motifs is 1. The number of unbranched alkanes of at least 4 members (excludes halogenated alkanes) is 1. The Morgan fingerprint density at radius 3 is 2.63 bits per heavy atom. The fourth-order valence-corrected chi connectivity index (χ4v) is 3.87. The third kappa shape index (κ3) is 4.87. The van der Waals surface area contributed by atoms with Crippen molar-refractivity contribution in [3.8, 4) is 0 Å². The second-order valence-electron chi connectivity index (χ2n) is 7.37. The Hall–Kier alpha value is -1.92. The maximum atomic E-state index is 12.5. The molecular weight excluding hydrogens is 342 g/mol. The van der Waals surface area contributed by atoms with Gasteiger partial charge in [0.2, 0.25) is 5.91 Å². The van der Waals surface area contributed by atoms with Crippen molar-refractivity contribution in [1.29, 1.82) is 0 Å². The lowest BCUT2D eigenvalue weighted by atomic mass is 9.99. The van der Waals surface area contributed by atoms with E-state index in [0.717, 1.165) is 51.3 Å². The van der Waals surface area contributed by atoms with Crippen LogP contribution < -0.4 is 4.90 Å². The maximum Gasteiger partial charge on any atom is 0.256 e. The van der Waals surface area contributed by atoms with Crippen LogP contribution in [0.25, 0.3) is 0 Å². The Kier molecular flexibility index (Phi) is 6.85. The summed E-state index contributed by atoms with van der Waals surface area (Å²) in [5.74, 6) is 0.303. The summed E-state index contributed by atoms with van der Waals surface area (Å²) in [4.78, 5) is 30.3. The first kappa shape index (κ1) is 19.8. The molecule has 1 unspecified atom stereocenters. The van der Waals surface area contributed by atoms with Crippen molar-refractivity contribution in [3.63, 3.8) is 0 Å². The van der Waals surface area contributed by atoms with Crippen molar-refractivity contribution in [1.82, 2.24) is 9.80 Å². The van der Waals surface area contributed by atoms with Crippen LogP contribution >= 0.6 is 0 Å². The molecule has 1 aromatic rings. The first-order chi connectivity index (χ1) is 13.1. The van der Waals surface area contributed by atoms with E-state index in [2.05, 4.69) is 11.0 Å². The minimum absolute atomic E-state index is 0.0467. The van der Waals surface area contributed by atoms with Gasteiger partial charge in [0.15, 0.2) is 0 Å². The maximum absolute atomic E-state index is 12.5. The molecular formula is C21H31N3O3. The summed E-state index contributed by atoms with van der Waals surface area (Å²) in [5.41, 5.74) is 2.16. The zero-order valence-corrected chi connectivity index (χ0v) is 16.5. The van der Waals surface area contributed by atoms with Crippen LogP contribution in [-0.2, 0) is 20.7 Å². The van der Waals surface area contributed by atoms with Crippen LogP contribution in [0.4, 0.5) is 5.69 Å². The number of likely N-dealkylation sites (N-methyl/N-ethyl adjacent to an activating group) is 1. The number of nitrogens with zero attached hydrogens (tertiary/aromatic N) is 3. The van der Waals surface area contributed by atoms with Gasteiger partial charge < -0.3 is 14.5 Å². The molecule has 3 rings (SSSR count). The lowest BCUT2D eigenvalue weighted by Crippen LogP contribution is -2.48. The quantitative estimate of drug-likeness (QED) is 0.686. The standard InChI is InChI=1S/C21H31N3O3/c1-3-20(25)24-13-11-23(12-14-24)10-6-7-15-27-19-16-17-8-4-5-9-18(17)22(2)21(19)26/h4-5,8-9,19H,3,6-7,10-16H2,1-2H3. The minimum atomic E-state index is -0.367. The SMILES string of the molecule is CCC(=O)N1CCN(CCCCOC2Cc3ccccc3N(C)C2=O)CC1. The van der Waals surface area contributed by atoms with Crippen molar-refractivity contribution >= 4 is 17.5 Å². The van der Waals surface area contributed by atoms with Gasteiger partial charge in [0.05, 0.1) is 0 Å². The predicted octanol–water partition coefficient (Wildman–Crippen LogP) is 1.93. The molecule has 0 bridgehead atoms. The normalized spacial score (nSPS) is 20.7. The average molecular weight is 373 g/mol. The highest BCUT2D eigenvalue weighted by Crippen LogP contribution is 2.27. The summed E-state index contributed by atoms with van der Waals surface area (Å²) in [6, 6.07) is 8.02. The molecule has 2 heterocycles. The molecule has 1 aromatic carbocycles. The Bertz CT molecular complexity index is 656. The Morgan fingerprint density at radius 1 is 1.15 bits per heavy atom. The van der Waals surface area contributed by atoms with E-state index >= 15 is 0 Å². The number of hydrogen-bond acceptors (Lipinski definition) is 4. The van der Waals surface area contributed by atoms with Gasteiger partial charge in [0, 0.05) is 58.4 Å². The van der Waals surface area contributed by atoms with Gasteiger partial charge in [-0.1, -0.05) is 25.1 Å². The van der Waals surface area contributed by atoms with Crippen molar-refractivity contribution < 1.29 is 14.3 Å². The van der Waals surface area contributed by atoms with E-state index in [-0.39, 0.29) is 17.9 Å². The highest BCUT2D eigenvalue weighted by Gasteiger charge is 2.30. The molecule has 0 N–H and O–H groups in total. The molecule has 0 aliphatic carbocycles.